The van der Waals surface area contributed by atoms with Crippen molar-refractivity contribution in [2.45, 2.75) is 44.0 Å². The zero-order valence-corrected chi connectivity index (χ0v) is 15.9. The van der Waals surface area contributed by atoms with Gasteiger partial charge in [-0.25, -0.2) is 0 Å². The highest BCUT2D eigenvalue weighted by Gasteiger charge is 2.39. The SMILES string of the molecule is [B]CCCCC(N)(CC1CN(CCc2ccc(Cl)cc2Cl)C1)C(=O)O. The fourth-order valence-corrected chi connectivity index (χ4v) is 3.89. The highest BCUT2D eigenvalue weighted by molar-refractivity contribution is 6.35. The molecule has 2 rings (SSSR count). The van der Waals surface area contributed by atoms with Crippen molar-refractivity contribution in [1.29, 1.82) is 0 Å². The molecular formula is C18H25BCl2N2O2. The average Bonchev–Trinajstić information content (AvgIpc) is 2.51. The van der Waals surface area contributed by atoms with Gasteiger partial charge < -0.3 is 15.7 Å². The number of hydrogen-bond acceptors (Lipinski definition) is 3. The van der Waals surface area contributed by atoms with Crippen LogP contribution >= 0.6 is 23.2 Å². The van der Waals surface area contributed by atoms with Crippen LogP contribution in [0.25, 0.3) is 0 Å². The van der Waals surface area contributed by atoms with Gasteiger partial charge in [-0.05, 0) is 42.9 Å². The molecule has 1 saturated heterocycles. The number of nitrogens with zero attached hydrogens (tertiary/aromatic N) is 1. The van der Waals surface area contributed by atoms with Crippen LogP contribution in [0.5, 0.6) is 0 Å². The van der Waals surface area contributed by atoms with E-state index in [1.54, 1.807) is 6.07 Å². The minimum atomic E-state index is -1.13. The third-order valence-electron chi connectivity index (χ3n) is 4.90. The van der Waals surface area contributed by atoms with Gasteiger partial charge in [-0.1, -0.05) is 48.4 Å². The van der Waals surface area contributed by atoms with Gasteiger partial charge in [0.25, 0.3) is 0 Å². The second kappa shape index (κ2) is 9.27. The molecule has 2 radical (unpaired) electrons. The van der Waals surface area contributed by atoms with Gasteiger partial charge in [-0.15, -0.1) is 0 Å². The summed E-state index contributed by atoms with van der Waals surface area (Å²) < 4.78 is 0. The second-order valence-corrected chi connectivity index (χ2v) is 7.87. The minimum absolute atomic E-state index is 0.333. The molecule has 1 aliphatic rings. The van der Waals surface area contributed by atoms with E-state index >= 15 is 0 Å². The van der Waals surface area contributed by atoms with E-state index < -0.39 is 11.5 Å². The topological polar surface area (TPSA) is 66.6 Å². The lowest BCUT2D eigenvalue weighted by molar-refractivity contribution is -0.145. The molecule has 0 bridgehead atoms. The molecular weight excluding hydrogens is 358 g/mol. The maximum absolute atomic E-state index is 11.6. The van der Waals surface area contributed by atoms with Crippen molar-refractivity contribution in [2.24, 2.45) is 11.7 Å². The van der Waals surface area contributed by atoms with Crippen molar-refractivity contribution in [3.05, 3.63) is 33.8 Å². The highest BCUT2D eigenvalue weighted by atomic mass is 35.5. The molecule has 0 saturated carbocycles. The Kier molecular flexibility index (Phi) is 7.62. The van der Waals surface area contributed by atoms with Crippen molar-refractivity contribution < 1.29 is 9.90 Å². The molecule has 7 heteroatoms. The number of halogens is 2. The van der Waals surface area contributed by atoms with Gasteiger partial charge in [0.1, 0.15) is 5.54 Å². The largest absolute Gasteiger partial charge is 0.480 e. The molecule has 1 atom stereocenters. The average molecular weight is 383 g/mol. The summed E-state index contributed by atoms with van der Waals surface area (Å²) >= 11 is 12.1. The third-order valence-corrected chi connectivity index (χ3v) is 5.49. The molecule has 1 fully saturated rings. The van der Waals surface area contributed by atoms with Crippen molar-refractivity contribution >= 4 is 37.0 Å². The Morgan fingerprint density at radius 3 is 2.68 bits per heavy atom. The van der Waals surface area contributed by atoms with Gasteiger partial charge in [0.2, 0.25) is 0 Å². The fraction of sp³-hybridized carbons (Fsp3) is 0.611. The van der Waals surface area contributed by atoms with Crippen LogP contribution in [-0.4, -0.2) is 49.0 Å². The lowest BCUT2D eigenvalue weighted by atomic mass is 9.80. The van der Waals surface area contributed by atoms with E-state index in [9.17, 15) is 9.90 Å². The Labute approximate surface area is 161 Å². The smallest absolute Gasteiger partial charge is 0.323 e. The normalized spacial score (nSPS) is 17.9. The maximum atomic E-state index is 11.6. The van der Waals surface area contributed by atoms with Crippen LogP contribution in [-0.2, 0) is 11.2 Å². The molecule has 136 valence electrons. The number of carboxylic acids is 1. The Morgan fingerprint density at radius 2 is 2.08 bits per heavy atom. The monoisotopic (exact) mass is 382 g/mol. The van der Waals surface area contributed by atoms with E-state index in [1.165, 1.54) is 0 Å². The lowest BCUT2D eigenvalue weighted by Crippen LogP contribution is -2.56. The molecule has 0 aliphatic carbocycles. The van der Waals surface area contributed by atoms with Crippen molar-refractivity contribution in [3.63, 3.8) is 0 Å². The van der Waals surface area contributed by atoms with Crippen molar-refractivity contribution in [2.75, 3.05) is 19.6 Å². The first-order valence-electron chi connectivity index (χ1n) is 8.72. The van der Waals surface area contributed by atoms with Crippen molar-refractivity contribution in [3.8, 4) is 0 Å². The predicted molar refractivity (Wildman–Crippen MR) is 104 cm³/mol. The van der Waals surface area contributed by atoms with Gasteiger partial charge in [0.05, 0.1) is 7.85 Å². The molecule has 1 aromatic rings. The molecule has 0 spiro atoms. The molecule has 1 heterocycles. The van der Waals surface area contributed by atoms with Crippen molar-refractivity contribution in [1.82, 2.24) is 4.90 Å². The molecule has 1 unspecified atom stereocenters. The van der Waals surface area contributed by atoms with E-state index in [4.69, 9.17) is 36.8 Å². The fourth-order valence-electron chi connectivity index (χ4n) is 3.39. The summed E-state index contributed by atoms with van der Waals surface area (Å²) in [5.41, 5.74) is 6.09. The van der Waals surface area contributed by atoms with Crippen LogP contribution in [0.3, 0.4) is 0 Å². The van der Waals surface area contributed by atoms with Gasteiger partial charge >= 0.3 is 5.97 Å². The van der Waals surface area contributed by atoms with Gasteiger partial charge in [-0.3, -0.25) is 4.79 Å². The second-order valence-electron chi connectivity index (χ2n) is 7.02. The van der Waals surface area contributed by atoms with Crippen LogP contribution in [0.4, 0.5) is 0 Å². The first kappa shape index (κ1) is 20.6. The van der Waals surface area contributed by atoms with E-state index in [-0.39, 0.29) is 0 Å². The lowest BCUT2D eigenvalue weighted by Gasteiger charge is -2.42. The predicted octanol–water partition coefficient (Wildman–Crippen LogP) is 3.40. The van der Waals surface area contributed by atoms with Crippen LogP contribution in [0.15, 0.2) is 18.2 Å². The summed E-state index contributed by atoms with van der Waals surface area (Å²) in [5.74, 6) is -0.574. The first-order valence-corrected chi connectivity index (χ1v) is 9.48. The number of carbonyl (C=O) groups is 1. The number of aliphatic carboxylic acids is 1. The molecule has 0 amide bonds. The zero-order chi connectivity index (χ0) is 18.4. The van der Waals surface area contributed by atoms with Crippen LogP contribution in [0.2, 0.25) is 16.4 Å². The van der Waals surface area contributed by atoms with E-state index in [2.05, 4.69) is 4.90 Å². The summed E-state index contributed by atoms with van der Waals surface area (Å²) in [6.07, 6.45) is 3.99. The Bertz CT molecular complexity index is 596. The number of likely N-dealkylation sites (tertiary alicyclic amines) is 1. The molecule has 3 N–H and O–H groups in total. The summed E-state index contributed by atoms with van der Waals surface area (Å²) in [4.78, 5) is 13.9. The number of carboxylic acid groups (broad SMARTS) is 1. The third kappa shape index (κ3) is 5.88. The quantitative estimate of drug-likeness (QED) is 0.480. The van der Waals surface area contributed by atoms with E-state index in [0.717, 1.165) is 44.5 Å². The maximum Gasteiger partial charge on any atom is 0.323 e. The number of hydrogen-bond donors (Lipinski definition) is 2. The summed E-state index contributed by atoms with van der Waals surface area (Å²) in [6, 6.07) is 5.56. The van der Waals surface area contributed by atoms with Gasteiger partial charge in [-0.2, -0.15) is 0 Å². The van der Waals surface area contributed by atoms with Crippen LogP contribution in [0, 0.1) is 5.92 Å². The molecule has 1 aliphatic heterocycles. The van der Waals surface area contributed by atoms with Gasteiger partial charge in [0.15, 0.2) is 0 Å². The first-order chi connectivity index (χ1) is 11.8. The number of rotatable bonds is 10. The van der Waals surface area contributed by atoms with Gasteiger partial charge in [0, 0.05) is 29.7 Å². The number of nitrogens with two attached hydrogens (primary N) is 1. The number of unbranched alkanes of at least 4 members (excludes halogenated alkanes) is 1. The Morgan fingerprint density at radius 1 is 1.36 bits per heavy atom. The highest BCUT2D eigenvalue weighted by Crippen LogP contribution is 2.29. The van der Waals surface area contributed by atoms with E-state index in [1.807, 2.05) is 12.1 Å². The van der Waals surface area contributed by atoms with E-state index in [0.29, 0.717) is 35.1 Å². The Hall–Kier alpha value is -0.745. The molecule has 25 heavy (non-hydrogen) atoms. The molecule has 1 aromatic carbocycles. The van der Waals surface area contributed by atoms with Crippen LogP contribution in [0.1, 0.15) is 31.2 Å². The molecule has 0 aromatic heterocycles. The summed E-state index contributed by atoms with van der Waals surface area (Å²) in [6.45, 7) is 2.67. The zero-order valence-electron chi connectivity index (χ0n) is 14.4. The van der Waals surface area contributed by atoms with Crippen LogP contribution < -0.4 is 5.73 Å². The summed E-state index contributed by atoms with van der Waals surface area (Å²) in [5, 5.41) is 10.8. The number of benzene rings is 1. The summed E-state index contributed by atoms with van der Waals surface area (Å²) in [7, 11) is 5.48. The molecule has 4 nitrogen and oxygen atoms in total. The minimum Gasteiger partial charge on any atom is -0.480 e. The Balaban J connectivity index is 1.76. The standard InChI is InChI=1S/C18H25BCl2N2O2/c19-7-2-1-6-18(22,17(24)25)10-13-11-23(12-13)8-5-14-3-4-15(20)9-16(14)21/h3-4,9,13H,1-2,5-8,10-12,22H2,(H,24,25).